The number of ether oxygens (including phenoxy) is 1. The van der Waals surface area contributed by atoms with Crippen LogP contribution in [0.1, 0.15) is 34.0 Å². The second kappa shape index (κ2) is 10.3. The van der Waals surface area contributed by atoms with Crippen LogP contribution < -0.4 is 10.1 Å². The van der Waals surface area contributed by atoms with Gasteiger partial charge in [-0.3, -0.25) is 9.59 Å². The highest BCUT2D eigenvalue weighted by Crippen LogP contribution is 2.28. The quantitative estimate of drug-likeness (QED) is 0.395. The third-order valence-electron chi connectivity index (χ3n) is 4.90. The zero-order chi connectivity index (χ0) is 23.9. The maximum Gasteiger partial charge on any atom is 0.322 e. The van der Waals surface area contributed by atoms with E-state index in [1.165, 1.54) is 30.5 Å². The van der Waals surface area contributed by atoms with Gasteiger partial charge < -0.3 is 15.2 Å². The number of carboxylic acids is 1. The first-order valence-corrected chi connectivity index (χ1v) is 10.3. The van der Waals surface area contributed by atoms with E-state index in [-0.39, 0.29) is 18.3 Å². The number of carbonyl (C=O) groups excluding carboxylic acids is 1. The van der Waals surface area contributed by atoms with Crippen molar-refractivity contribution in [3.8, 4) is 11.8 Å². The molecule has 1 unspecified atom stereocenters. The van der Waals surface area contributed by atoms with Crippen molar-refractivity contribution >= 4 is 17.7 Å². The third-order valence-corrected chi connectivity index (χ3v) is 4.90. The van der Waals surface area contributed by atoms with Crippen LogP contribution in [0, 0.1) is 5.82 Å². The predicted octanol–water partition coefficient (Wildman–Crippen LogP) is 4.66. The molecule has 0 saturated carbocycles. The minimum absolute atomic E-state index is 0.0145. The van der Waals surface area contributed by atoms with Crippen molar-refractivity contribution in [2.45, 2.75) is 12.3 Å². The highest BCUT2D eigenvalue weighted by Gasteiger charge is 2.20. The number of carboxylic acid groups (broad SMARTS) is 1. The van der Waals surface area contributed by atoms with E-state index in [0.717, 1.165) is 0 Å². The average molecular weight is 458 g/mol. The molecule has 0 aliphatic rings. The van der Waals surface area contributed by atoms with Crippen LogP contribution in [0.2, 0.25) is 0 Å². The Hall–Kier alpha value is -4.66. The molecule has 0 bridgehead atoms. The van der Waals surface area contributed by atoms with Gasteiger partial charge in [0, 0.05) is 23.9 Å². The second-order valence-electron chi connectivity index (χ2n) is 7.26. The lowest BCUT2D eigenvalue weighted by atomic mass is 9.92. The van der Waals surface area contributed by atoms with Gasteiger partial charge in [0.1, 0.15) is 17.4 Å². The lowest BCUT2D eigenvalue weighted by Crippen LogP contribution is -2.12. The maximum atomic E-state index is 13.3. The van der Waals surface area contributed by atoms with Crippen LogP contribution in [0.4, 0.5) is 10.2 Å². The van der Waals surface area contributed by atoms with Crippen molar-refractivity contribution in [3.05, 3.63) is 108 Å². The Bertz CT molecular complexity index is 1280. The molecule has 0 spiro atoms. The highest BCUT2D eigenvalue weighted by atomic mass is 19.1. The van der Waals surface area contributed by atoms with Crippen LogP contribution in [0.25, 0.3) is 0 Å². The number of nitrogens with one attached hydrogen (secondary N) is 1. The lowest BCUT2D eigenvalue weighted by molar-refractivity contribution is -0.137. The number of hydrogen-bond acceptors (Lipinski definition) is 6. The van der Waals surface area contributed by atoms with E-state index < -0.39 is 17.7 Å². The summed E-state index contributed by atoms with van der Waals surface area (Å²) in [6.07, 6.45) is 2.81. The highest BCUT2D eigenvalue weighted by molar-refractivity contribution is 6.03. The molecule has 2 aromatic carbocycles. The number of rotatable bonds is 8. The van der Waals surface area contributed by atoms with Crippen LogP contribution >= 0.6 is 0 Å². The Morgan fingerprint density at radius 1 is 0.941 bits per heavy atom. The fraction of sp³-hybridized carbons (Fsp3) is 0.0800. The normalized spacial score (nSPS) is 11.4. The Balaban J connectivity index is 1.49. The molecule has 9 heteroatoms. The van der Waals surface area contributed by atoms with Crippen LogP contribution in [0.5, 0.6) is 11.8 Å². The maximum absolute atomic E-state index is 13.3. The number of pyridine rings is 1. The molecule has 0 aliphatic carbocycles. The van der Waals surface area contributed by atoms with Crippen molar-refractivity contribution in [1.82, 2.24) is 15.0 Å². The summed E-state index contributed by atoms with van der Waals surface area (Å²) in [6, 6.07) is 18.8. The molecule has 0 aliphatic heterocycles. The fourth-order valence-corrected chi connectivity index (χ4v) is 3.27. The van der Waals surface area contributed by atoms with Gasteiger partial charge in [-0.2, -0.15) is 4.98 Å². The molecular weight excluding hydrogens is 439 g/mol. The van der Waals surface area contributed by atoms with Gasteiger partial charge in [0.15, 0.2) is 0 Å². The summed E-state index contributed by atoms with van der Waals surface area (Å²) < 4.78 is 19.0. The van der Waals surface area contributed by atoms with E-state index in [0.29, 0.717) is 28.4 Å². The molecular formula is C25H19FN4O4. The summed E-state index contributed by atoms with van der Waals surface area (Å²) in [5.74, 6) is -1.53. The molecule has 4 aromatic rings. The number of amides is 1. The van der Waals surface area contributed by atoms with Crippen LogP contribution in [0.15, 0.2) is 85.2 Å². The summed E-state index contributed by atoms with van der Waals surface area (Å²) in [6.45, 7) is 0. The average Bonchev–Trinajstić information content (AvgIpc) is 2.84. The predicted molar refractivity (Wildman–Crippen MR) is 121 cm³/mol. The van der Waals surface area contributed by atoms with E-state index >= 15 is 0 Å². The van der Waals surface area contributed by atoms with E-state index in [2.05, 4.69) is 20.3 Å². The Morgan fingerprint density at radius 2 is 1.71 bits per heavy atom. The molecule has 0 fully saturated rings. The summed E-state index contributed by atoms with van der Waals surface area (Å²) >= 11 is 0. The van der Waals surface area contributed by atoms with Crippen molar-refractivity contribution in [2.24, 2.45) is 0 Å². The topological polar surface area (TPSA) is 114 Å². The molecule has 1 amide bonds. The molecule has 2 N–H and O–H groups in total. The van der Waals surface area contributed by atoms with E-state index in [9.17, 15) is 19.1 Å². The zero-order valence-corrected chi connectivity index (χ0v) is 17.8. The molecule has 0 saturated heterocycles. The van der Waals surface area contributed by atoms with Crippen molar-refractivity contribution in [3.63, 3.8) is 0 Å². The van der Waals surface area contributed by atoms with Crippen LogP contribution in [-0.4, -0.2) is 31.9 Å². The van der Waals surface area contributed by atoms with Crippen LogP contribution in [0.3, 0.4) is 0 Å². The molecule has 0 radical (unpaired) electrons. The SMILES string of the molecule is O=C(O)CC(c1ccc(F)cc1)c1ccnc(Oc2ccc(C(=O)Nc3ccccn3)cc2)n1. The summed E-state index contributed by atoms with van der Waals surface area (Å²) in [7, 11) is 0. The minimum Gasteiger partial charge on any atom is -0.481 e. The Kier molecular flexibility index (Phi) is 6.83. The molecule has 2 heterocycles. The summed E-state index contributed by atoms with van der Waals surface area (Å²) in [4.78, 5) is 36.3. The third kappa shape index (κ3) is 5.77. The lowest BCUT2D eigenvalue weighted by Gasteiger charge is -2.15. The van der Waals surface area contributed by atoms with Gasteiger partial charge in [0.2, 0.25) is 0 Å². The molecule has 1 atom stereocenters. The first kappa shape index (κ1) is 22.5. The Labute approximate surface area is 194 Å². The monoisotopic (exact) mass is 458 g/mol. The number of hydrogen-bond donors (Lipinski definition) is 2. The number of benzene rings is 2. The number of anilines is 1. The fourth-order valence-electron chi connectivity index (χ4n) is 3.27. The standard InChI is InChI=1S/C25H19FN4O4/c26-18-8-4-16(5-9-18)20(15-23(31)32)21-12-14-28-25(29-21)34-19-10-6-17(7-11-19)24(33)30-22-3-1-2-13-27-22/h1-14,20H,15H2,(H,31,32)(H,27,30,33). The van der Waals surface area contributed by atoms with Gasteiger partial charge in [-0.05, 0) is 60.2 Å². The minimum atomic E-state index is -1.02. The number of nitrogens with zero attached hydrogens (tertiary/aromatic N) is 3. The van der Waals surface area contributed by atoms with Gasteiger partial charge in [-0.15, -0.1) is 0 Å². The molecule has 4 rings (SSSR count). The van der Waals surface area contributed by atoms with Gasteiger partial charge in [-0.25, -0.2) is 14.4 Å². The van der Waals surface area contributed by atoms with E-state index in [1.807, 2.05) is 0 Å². The second-order valence-corrected chi connectivity index (χ2v) is 7.26. The first-order chi connectivity index (χ1) is 16.5. The molecule has 170 valence electrons. The molecule has 8 nitrogen and oxygen atoms in total. The zero-order valence-electron chi connectivity index (χ0n) is 17.8. The number of carbonyl (C=O) groups is 2. The number of aliphatic carboxylic acids is 1. The molecule has 34 heavy (non-hydrogen) atoms. The molecule has 2 aromatic heterocycles. The van der Waals surface area contributed by atoms with Gasteiger partial charge in [0.25, 0.3) is 5.91 Å². The van der Waals surface area contributed by atoms with Crippen molar-refractivity contribution in [2.75, 3.05) is 5.32 Å². The van der Waals surface area contributed by atoms with E-state index in [1.54, 1.807) is 54.7 Å². The van der Waals surface area contributed by atoms with Gasteiger partial charge >= 0.3 is 12.0 Å². The van der Waals surface area contributed by atoms with Crippen molar-refractivity contribution < 1.29 is 23.8 Å². The van der Waals surface area contributed by atoms with Crippen LogP contribution in [-0.2, 0) is 4.79 Å². The smallest absolute Gasteiger partial charge is 0.322 e. The Morgan fingerprint density at radius 3 is 2.38 bits per heavy atom. The number of halogens is 1. The van der Waals surface area contributed by atoms with Gasteiger partial charge in [0.05, 0.1) is 12.1 Å². The first-order valence-electron chi connectivity index (χ1n) is 10.3. The van der Waals surface area contributed by atoms with Crippen molar-refractivity contribution in [1.29, 1.82) is 0 Å². The summed E-state index contributed by atoms with van der Waals surface area (Å²) in [5, 5.41) is 12.0. The van der Waals surface area contributed by atoms with Gasteiger partial charge in [-0.1, -0.05) is 18.2 Å². The van der Waals surface area contributed by atoms with E-state index in [4.69, 9.17) is 4.74 Å². The summed E-state index contributed by atoms with van der Waals surface area (Å²) in [5.41, 5.74) is 1.44. The number of aromatic nitrogens is 3. The largest absolute Gasteiger partial charge is 0.481 e.